The Morgan fingerprint density at radius 3 is 2.41 bits per heavy atom. The summed E-state index contributed by atoms with van der Waals surface area (Å²) in [4.78, 5) is 3.33. The highest BCUT2D eigenvalue weighted by Gasteiger charge is 2.39. The van der Waals surface area contributed by atoms with E-state index >= 15 is 0 Å². The van der Waals surface area contributed by atoms with Gasteiger partial charge in [-0.2, -0.15) is 18.2 Å². The highest BCUT2D eigenvalue weighted by Crippen LogP contribution is 2.33. The Hall–Kier alpha value is -1.11. The molecule has 1 fully saturated rings. The van der Waals surface area contributed by atoms with E-state index in [4.69, 9.17) is 5.73 Å². The summed E-state index contributed by atoms with van der Waals surface area (Å²) >= 11 is 0. The number of hydrogen-bond donors (Lipinski definition) is 1. The second-order valence-corrected chi connectivity index (χ2v) is 4.38. The van der Waals surface area contributed by atoms with Crippen molar-refractivity contribution >= 4 is 0 Å². The molecule has 1 atom stereocenters. The zero-order valence-corrected chi connectivity index (χ0v) is 9.20. The molecule has 2 N–H and O–H groups in total. The molecule has 0 aliphatic heterocycles. The standard InChI is InChI=1S/C10H14F3N3O/c11-10(12,13)9-15-8(16-17-9)7(14)6-4-2-1-3-5-6/h6-7H,1-5,14H2. The fourth-order valence-corrected chi connectivity index (χ4v) is 2.19. The number of nitrogens with two attached hydrogens (primary N) is 1. The molecule has 0 bridgehead atoms. The lowest BCUT2D eigenvalue weighted by Gasteiger charge is -2.25. The second-order valence-electron chi connectivity index (χ2n) is 4.38. The van der Waals surface area contributed by atoms with Gasteiger partial charge in [-0.3, -0.25) is 0 Å². The van der Waals surface area contributed by atoms with Crippen LogP contribution >= 0.6 is 0 Å². The maximum Gasteiger partial charge on any atom is 0.471 e. The highest BCUT2D eigenvalue weighted by atomic mass is 19.4. The van der Waals surface area contributed by atoms with Gasteiger partial charge in [0.1, 0.15) is 0 Å². The van der Waals surface area contributed by atoms with Gasteiger partial charge in [0.05, 0.1) is 6.04 Å². The molecule has 1 aromatic heterocycles. The molecule has 0 radical (unpaired) electrons. The molecule has 1 aliphatic rings. The van der Waals surface area contributed by atoms with Gasteiger partial charge in [0.25, 0.3) is 0 Å². The molecule has 1 heterocycles. The van der Waals surface area contributed by atoms with Gasteiger partial charge in [-0.25, -0.2) is 0 Å². The van der Waals surface area contributed by atoms with Crippen LogP contribution in [0.5, 0.6) is 0 Å². The fourth-order valence-electron chi connectivity index (χ4n) is 2.19. The third kappa shape index (κ3) is 2.77. The largest absolute Gasteiger partial charge is 0.471 e. The van der Waals surface area contributed by atoms with E-state index < -0.39 is 18.1 Å². The molecular formula is C10H14F3N3O. The summed E-state index contributed by atoms with van der Waals surface area (Å²) in [6, 6.07) is -0.560. The number of rotatable bonds is 2. The molecule has 0 spiro atoms. The Morgan fingerprint density at radius 2 is 1.88 bits per heavy atom. The first-order valence-electron chi connectivity index (χ1n) is 5.65. The van der Waals surface area contributed by atoms with E-state index in [2.05, 4.69) is 14.7 Å². The van der Waals surface area contributed by atoms with E-state index in [0.717, 1.165) is 32.1 Å². The first-order valence-corrected chi connectivity index (χ1v) is 5.65. The summed E-state index contributed by atoms with van der Waals surface area (Å²) in [5, 5.41) is 3.33. The Balaban J connectivity index is 2.08. The summed E-state index contributed by atoms with van der Waals surface area (Å²) in [6.07, 6.45) is 0.500. The van der Waals surface area contributed by atoms with Crippen LogP contribution in [0, 0.1) is 5.92 Å². The first-order chi connectivity index (χ1) is 7.98. The third-order valence-electron chi connectivity index (χ3n) is 3.14. The average Bonchev–Trinajstić information content (AvgIpc) is 2.78. The molecular weight excluding hydrogens is 235 g/mol. The first kappa shape index (κ1) is 12.3. The van der Waals surface area contributed by atoms with Gasteiger partial charge in [-0.05, 0) is 18.8 Å². The molecule has 1 aromatic rings. The Kier molecular flexibility index (Phi) is 3.37. The van der Waals surface area contributed by atoms with Crippen molar-refractivity contribution < 1.29 is 17.7 Å². The molecule has 0 amide bonds. The van der Waals surface area contributed by atoms with E-state index in [9.17, 15) is 13.2 Å². The summed E-state index contributed by atoms with van der Waals surface area (Å²) in [7, 11) is 0. The van der Waals surface area contributed by atoms with Crippen LogP contribution in [0.3, 0.4) is 0 Å². The Morgan fingerprint density at radius 1 is 1.24 bits per heavy atom. The number of nitrogens with zero attached hydrogens (tertiary/aromatic N) is 2. The van der Waals surface area contributed by atoms with Crippen LogP contribution in [0.15, 0.2) is 4.52 Å². The molecule has 96 valence electrons. The van der Waals surface area contributed by atoms with Gasteiger partial charge in [0, 0.05) is 0 Å². The third-order valence-corrected chi connectivity index (χ3v) is 3.14. The topological polar surface area (TPSA) is 64.9 Å². The Bertz CT molecular complexity index is 371. The predicted octanol–water partition coefficient (Wildman–Crippen LogP) is 2.67. The van der Waals surface area contributed by atoms with E-state index in [1.807, 2.05) is 0 Å². The van der Waals surface area contributed by atoms with Crippen molar-refractivity contribution in [2.75, 3.05) is 0 Å². The van der Waals surface area contributed by atoms with Gasteiger partial charge in [-0.1, -0.05) is 24.4 Å². The normalized spacial score (nSPS) is 20.5. The van der Waals surface area contributed by atoms with Crippen LogP contribution in [0.1, 0.15) is 49.9 Å². The number of hydrogen-bond acceptors (Lipinski definition) is 4. The van der Waals surface area contributed by atoms with Crippen molar-refractivity contribution in [3.05, 3.63) is 11.7 Å². The average molecular weight is 249 g/mol. The van der Waals surface area contributed by atoms with Crippen molar-refractivity contribution in [3.8, 4) is 0 Å². The summed E-state index contributed by atoms with van der Waals surface area (Å²) < 4.78 is 41.0. The maximum atomic E-state index is 12.3. The Labute approximate surface area is 96.4 Å². The van der Waals surface area contributed by atoms with Gasteiger partial charge >= 0.3 is 12.1 Å². The molecule has 4 nitrogen and oxygen atoms in total. The lowest BCUT2D eigenvalue weighted by Crippen LogP contribution is -2.24. The van der Waals surface area contributed by atoms with Crippen molar-refractivity contribution in [1.82, 2.24) is 10.1 Å². The smallest absolute Gasteiger partial charge is 0.329 e. The summed E-state index contributed by atoms with van der Waals surface area (Å²) in [5.74, 6) is -1.20. The number of alkyl halides is 3. The van der Waals surface area contributed by atoms with Crippen molar-refractivity contribution in [1.29, 1.82) is 0 Å². The zero-order chi connectivity index (χ0) is 12.5. The molecule has 1 unspecified atom stereocenters. The highest BCUT2D eigenvalue weighted by molar-refractivity contribution is 4.98. The lowest BCUT2D eigenvalue weighted by molar-refractivity contribution is -0.159. The fraction of sp³-hybridized carbons (Fsp3) is 0.800. The van der Waals surface area contributed by atoms with E-state index in [1.165, 1.54) is 0 Å². The minimum atomic E-state index is -4.60. The molecule has 7 heteroatoms. The molecule has 17 heavy (non-hydrogen) atoms. The zero-order valence-electron chi connectivity index (χ0n) is 9.20. The van der Waals surface area contributed by atoms with Crippen LogP contribution in [0.2, 0.25) is 0 Å². The summed E-state index contributed by atoms with van der Waals surface area (Å²) in [6.45, 7) is 0. The minimum absolute atomic E-state index is 0.0378. The van der Waals surface area contributed by atoms with Crippen molar-refractivity contribution in [2.45, 2.75) is 44.3 Å². The molecule has 0 saturated heterocycles. The summed E-state index contributed by atoms with van der Waals surface area (Å²) in [5.41, 5.74) is 5.87. The minimum Gasteiger partial charge on any atom is -0.329 e. The van der Waals surface area contributed by atoms with Crippen LogP contribution in [0.4, 0.5) is 13.2 Å². The van der Waals surface area contributed by atoms with Crippen molar-refractivity contribution in [3.63, 3.8) is 0 Å². The number of aromatic nitrogens is 2. The van der Waals surface area contributed by atoms with Gasteiger partial charge in [0.2, 0.25) is 0 Å². The van der Waals surface area contributed by atoms with E-state index in [0.29, 0.717) is 0 Å². The van der Waals surface area contributed by atoms with Crippen LogP contribution in [-0.2, 0) is 6.18 Å². The molecule has 1 aliphatic carbocycles. The van der Waals surface area contributed by atoms with Crippen molar-refractivity contribution in [2.24, 2.45) is 11.7 Å². The second kappa shape index (κ2) is 4.64. The lowest BCUT2D eigenvalue weighted by atomic mass is 9.84. The van der Waals surface area contributed by atoms with Gasteiger partial charge < -0.3 is 10.3 Å². The van der Waals surface area contributed by atoms with E-state index in [-0.39, 0.29) is 11.7 Å². The van der Waals surface area contributed by atoms with Crippen LogP contribution < -0.4 is 5.73 Å². The van der Waals surface area contributed by atoms with Crippen LogP contribution in [0.25, 0.3) is 0 Å². The van der Waals surface area contributed by atoms with Crippen LogP contribution in [-0.4, -0.2) is 10.1 Å². The SMILES string of the molecule is NC(c1noc(C(F)(F)F)n1)C1CCCCC1. The number of halogens is 3. The molecule has 2 rings (SSSR count). The monoisotopic (exact) mass is 249 g/mol. The van der Waals surface area contributed by atoms with Gasteiger partial charge in [-0.15, -0.1) is 0 Å². The predicted molar refractivity (Wildman–Crippen MR) is 52.8 cm³/mol. The maximum absolute atomic E-state index is 12.3. The quantitative estimate of drug-likeness (QED) is 0.875. The van der Waals surface area contributed by atoms with E-state index in [1.54, 1.807) is 0 Å². The molecule has 0 aromatic carbocycles. The molecule has 1 saturated carbocycles. The van der Waals surface area contributed by atoms with Gasteiger partial charge in [0.15, 0.2) is 5.82 Å².